The maximum atomic E-state index is 4.82. The van der Waals surface area contributed by atoms with E-state index in [1.165, 1.54) is 25.6 Å². The van der Waals surface area contributed by atoms with Crippen molar-refractivity contribution in [1.82, 2.24) is 10.2 Å². The van der Waals surface area contributed by atoms with Crippen molar-refractivity contribution >= 4 is 37.6 Å². The molecule has 0 N–H and O–H groups in total. The smallest absolute Gasteiger partial charge is 0.115 e. The molecule has 0 saturated carbocycles. The Bertz CT molecular complexity index is 1240. The highest BCUT2D eigenvalue weighted by Gasteiger charge is 2.13. The first kappa shape index (κ1) is 20.3. The van der Waals surface area contributed by atoms with E-state index in [9.17, 15) is 0 Å². The van der Waals surface area contributed by atoms with Crippen LogP contribution in [0.2, 0.25) is 0 Å². The Balaban J connectivity index is 2.00. The lowest BCUT2D eigenvalue weighted by Crippen LogP contribution is -2.38. The third kappa shape index (κ3) is 4.24. The maximum Gasteiger partial charge on any atom is 0.115 e. The van der Waals surface area contributed by atoms with Crippen LogP contribution in [0.25, 0.3) is 0 Å². The minimum absolute atomic E-state index is 1.14. The van der Waals surface area contributed by atoms with Crippen LogP contribution >= 0.6 is 0 Å². The maximum absolute atomic E-state index is 4.82. The van der Waals surface area contributed by atoms with Gasteiger partial charge in [0, 0.05) is 6.20 Å². The summed E-state index contributed by atoms with van der Waals surface area (Å²) >= 11 is 0. The van der Waals surface area contributed by atoms with E-state index in [1.54, 1.807) is 0 Å². The van der Waals surface area contributed by atoms with Crippen molar-refractivity contribution in [2.45, 2.75) is 0 Å². The monoisotopic (exact) mass is 442 g/mol. The Morgan fingerprint density at radius 1 is 0.406 bits per heavy atom. The Morgan fingerprint density at radius 3 is 1.19 bits per heavy atom. The van der Waals surface area contributed by atoms with E-state index in [4.69, 9.17) is 5.10 Å². The predicted octanol–water partition coefficient (Wildman–Crippen LogP) is 2.76. The quantitative estimate of drug-likeness (QED) is 0.400. The Kier molecular flexibility index (Phi) is 6.14. The second-order valence-electron chi connectivity index (χ2n) is 7.51. The van der Waals surface area contributed by atoms with E-state index in [0.717, 1.165) is 4.94 Å². The molecule has 0 unspecified atom stereocenters. The molecule has 1 aromatic heterocycles. The average Bonchev–Trinajstić information content (AvgIpc) is 2.88. The molecule has 0 saturated heterocycles. The largest absolute Gasteiger partial charge is 0.159 e. The van der Waals surface area contributed by atoms with Crippen LogP contribution in [0, 0.1) is 9.76 Å². The van der Waals surface area contributed by atoms with Gasteiger partial charge < -0.3 is 0 Å². The zero-order valence-corrected chi connectivity index (χ0v) is 19.6. The lowest BCUT2D eigenvalue weighted by molar-refractivity contribution is 1.00. The van der Waals surface area contributed by atoms with E-state index < -0.39 is 16.8 Å². The fraction of sp³-hybridized carbons (Fsp3) is 0. The molecular formula is C28H22N2Si2. The van der Waals surface area contributed by atoms with Crippen LogP contribution in [0.5, 0.6) is 0 Å². The van der Waals surface area contributed by atoms with Gasteiger partial charge >= 0.3 is 0 Å². The van der Waals surface area contributed by atoms with Gasteiger partial charge in [0.2, 0.25) is 0 Å². The van der Waals surface area contributed by atoms with Gasteiger partial charge in [0.05, 0.1) is 13.4 Å². The molecule has 0 radical (unpaired) electrons. The fourth-order valence-corrected chi connectivity index (χ4v) is 9.78. The molecule has 0 amide bonds. The molecule has 0 aliphatic rings. The highest BCUT2D eigenvalue weighted by Crippen LogP contribution is 1.98. The summed E-state index contributed by atoms with van der Waals surface area (Å²) in [5, 5.41) is 14.6. The first-order valence-corrected chi connectivity index (χ1v) is 13.7. The number of benzene rings is 4. The first-order valence-electron chi connectivity index (χ1n) is 10.7. The van der Waals surface area contributed by atoms with Crippen LogP contribution in [-0.2, 0) is 0 Å². The number of nitrogens with zero attached hydrogens (tertiary/aromatic N) is 2. The Hall–Kier alpha value is -3.61. The van der Waals surface area contributed by atoms with Crippen LogP contribution < -0.4 is 20.7 Å². The molecule has 5 rings (SSSR count). The van der Waals surface area contributed by atoms with Crippen molar-refractivity contribution < 1.29 is 0 Å². The van der Waals surface area contributed by atoms with Gasteiger partial charge in [-0.2, -0.15) is 10.2 Å². The van der Waals surface area contributed by atoms with Crippen LogP contribution in [0.15, 0.2) is 134 Å². The lowest BCUT2D eigenvalue weighted by atomic mass is 10.4. The van der Waals surface area contributed by atoms with Crippen molar-refractivity contribution in [2.75, 3.05) is 0 Å². The van der Waals surface area contributed by atoms with Crippen molar-refractivity contribution in [3.63, 3.8) is 0 Å². The predicted molar refractivity (Wildman–Crippen MR) is 136 cm³/mol. The van der Waals surface area contributed by atoms with Gasteiger partial charge in [-0.05, 0) is 31.6 Å². The lowest BCUT2D eigenvalue weighted by Gasteiger charge is -2.11. The number of hydrogen-bond donors (Lipinski definition) is 0. The van der Waals surface area contributed by atoms with Crippen LogP contribution in [0.4, 0.5) is 0 Å². The van der Waals surface area contributed by atoms with E-state index in [-0.39, 0.29) is 0 Å². The number of rotatable bonds is 4. The molecular weight excluding hydrogens is 420 g/mol. The molecule has 0 aliphatic heterocycles. The SMILES string of the molecule is c1ccc([Si](c2ccccc2)=c2ccnnc2=[Si](c2ccccc2)c2ccccc2)cc1. The summed E-state index contributed by atoms with van der Waals surface area (Å²) in [4.78, 5) is 2.46. The zero-order chi connectivity index (χ0) is 21.6. The van der Waals surface area contributed by atoms with E-state index in [1.807, 2.05) is 6.20 Å². The summed E-state index contributed by atoms with van der Waals surface area (Å²) < 4.78 is 0. The number of aromatic nitrogens is 2. The van der Waals surface area contributed by atoms with Crippen LogP contribution in [-0.4, -0.2) is 27.0 Å². The number of hydrogen-bond acceptors (Lipinski definition) is 2. The topological polar surface area (TPSA) is 25.8 Å². The summed E-state index contributed by atoms with van der Waals surface area (Å²) in [5.41, 5.74) is 0. The highest BCUT2D eigenvalue weighted by molar-refractivity contribution is 6.81. The molecule has 0 bridgehead atoms. The van der Waals surface area contributed by atoms with Crippen molar-refractivity contribution in [2.24, 2.45) is 0 Å². The normalized spacial score (nSPS) is 10.5. The molecule has 5 aromatic rings. The van der Waals surface area contributed by atoms with Crippen LogP contribution in [0.3, 0.4) is 0 Å². The zero-order valence-electron chi connectivity index (χ0n) is 17.6. The van der Waals surface area contributed by atoms with Gasteiger partial charge in [0.25, 0.3) is 0 Å². The molecule has 0 spiro atoms. The molecule has 152 valence electrons. The van der Waals surface area contributed by atoms with E-state index >= 15 is 0 Å². The third-order valence-electron chi connectivity index (χ3n) is 5.48. The second kappa shape index (κ2) is 9.68. The van der Waals surface area contributed by atoms with Gasteiger partial charge in [0.1, 0.15) is 8.41 Å². The average molecular weight is 443 g/mol. The summed E-state index contributed by atoms with van der Waals surface area (Å²) in [6.45, 7) is 0. The molecule has 4 aromatic carbocycles. The first-order chi connectivity index (χ1) is 15.9. The van der Waals surface area contributed by atoms with Crippen molar-refractivity contribution in [3.05, 3.63) is 143 Å². The molecule has 32 heavy (non-hydrogen) atoms. The minimum atomic E-state index is -1.31. The summed E-state index contributed by atoms with van der Waals surface area (Å²) in [6.07, 6.45) is 1.85. The van der Waals surface area contributed by atoms with Gasteiger partial charge in [0.15, 0.2) is 0 Å². The minimum Gasteiger partial charge on any atom is -0.159 e. The summed E-state index contributed by atoms with van der Waals surface area (Å²) in [7, 11) is -2.56. The van der Waals surface area contributed by atoms with Gasteiger partial charge in [-0.1, -0.05) is 121 Å². The molecule has 4 heteroatoms. The molecule has 2 nitrogen and oxygen atoms in total. The van der Waals surface area contributed by atoms with Gasteiger partial charge in [-0.15, -0.1) is 0 Å². The highest BCUT2D eigenvalue weighted by atomic mass is 28.2. The Morgan fingerprint density at radius 2 is 0.781 bits per heavy atom. The van der Waals surface area contributed by atoms with E-state index in [2.05, 4.69) is 132 Å². The fourth-order valence-electron chi connectivity index (χ4n) is 4.06. The molecule has 0 fully saturated rings. The van der Waals surface area contributed by atoms with Crippen LogP contribution in [0.1, 0.15) is 0 Å². The van der Waals surface area contributed by atoms with Gasteiger partial charge in [-0.25, -0.2) is 0 Å². The van der Waals surface area contributed by atoms with Gasteiger partial charge in [-0.3, -0.25) is 0 Å². The summed E-state index contributed by atoms with van der Waals surface area (Å²) in [6, 6.07) is 45.5. The van der Waals surface area contributed by atoms with Crippen molar-refractivity contribution in [3.8, 4) is 0 Å². The molecule has 0 atom stereocenters. The third-order valence-corrected chi connectivity index (χ3v) is 11.2. The Labute approximate surface area is 191 Å². The standard InChI is InChI=1S/C28H22N2Si2/c1-5-13-23(14-6-1)31(24-15-7-2-8-16-24)27-21-22-29-30-28(27)32(25-17-9-3-10-18-25)26-19-11-4-12-20-26/h1-22H. The summed E-state index contributed by atoms with van der Waals surface area (Å²) in [5.74, 6) is 0. The molecule has 1 heterocycles. The van der Waals surface area contributed by atoms with E-state index in [0.29, 0.717) is 0 Å². The van der Waals surface area contributed by atoms with Crippen molar-refractivity contribution in [1.29, 1.82) is 0 Å². The second-order valence-corrected chi connectivity index (χ2v) is 12.3. The molecule has 0 aliphatic carbocycles.